The lowest BCUT2D eigenvalue weighted by Crippen LogP contribution is -2.13. The van der Waals surface area contributed by atoms with Crippen molar-refractivity contribution < 1.29 is 19.8 Å². The van der Waals surface area contributed by atoms with E-state index < -0.39 is 12.1 Å². The lowest BCUT2D eigenvalue weighted by molar-refractivity contribution is -0.145. The molecule has 0 saturated heterocycles. The molecule has 0 saturated carbocycles. The molecular weight excluding hydrogens is 210 g/mol. The van der Waals surface area contributed by atoms with E-state index in [1.54, 1.807) is 0 Å². The molecule has 0 heterocycles. The highest BCUT2D eigenvalue weighted by molar-refractivity contribution is 5.71. The van der Waals surface area contributed by atoms with Crippen LogP contribution in [-0.4, -0.2) is 28.9 Å². The van der Waals surface area contributed by atoms with Gasteiger partial charge in [-0.15, -0.1) is 0 Å². The number of carboxylic acid groups (broad SMARTS) is 1. The van der Waals surface area contributed by atoms with E-state index in [0.29, 0.717) is 6.61 Å². The summed E-state index contributed by atoms with van der Waals surface area (Å²) in [6.07, 6.45) is -1.23. The number of aliphatic hydroxyl groups excluding tert-OH is 1. The van der Waals surface area contributed by atoms with E-state index in [1.165, 1.54) is 6.92 Å². The number of hydrogen-bond donors (Lipinski definition) is 3. The summed E-state index contributed by atoms with van der Waals surface area (Å²) in [6, 6.07) is 9.80. The van der Waals surface area contributed by atoms with Gasteiger partial charge in [0.05, 0.1) is 12.3 Å². The minimum atomic E-state index is -1.23. The number of benzene rings is 1. The van der Waals surface area contributed by atoms with Gasteiger partial charge in [-0.3, -0.25) is 10.3 Å². The monoisotopic (exact) mass is 227 g/mol. The van der Waals surface area contributed by atoms with Crippen LogP contribution in [0.15, 0.2) is 30.3 Å². The van der Waals surface area contributed by atoms with E-state index in [4.69, 9.17) is 15.1 Å². The molecule has 0 aliphatic heterocycles. The minimum absolute atomic E-state index is 0.675. The van der Waals surface area contributed by atoms with Crippen molar-refractivity contribution >= 4 is 11.7 Å². The Morgan fingerprint density at radius 2 is 1.94 bits per heavy atom. The van der Waals surface area contributed by atoms with Crippen molar-refractivity contribution in [3.8, 4) is 0 Å². The molecule has 1 aromatic rings. The predicted octanol–water partition coefficient (Wildman–Crippen LogP) is 1.50. The third kappa shape index (κ3) is 7.78. The molecule has 3 N–H and O–H groups in total. The van der Waals surface area contributed by atoms with E-state index in [9.17, 15) is 4.79 Å². The third-order valence-electron chi connectivity index (χ3n) is 1.47. The second kappa shape index (κ2) is 8.70. The molecule has 90 valence electrons. The molecule has 0 amide bonds. The number of anilines is 1. The number of hydrogen-bond acceptors (Lipinski definition) is 4. The van der Waals surface area contributed by atoms with Crippen molar-refractivity contribution in [1.82, 2.24) is 0 Å². The second-order valence-electron chi connectivity index (χ2n) is 2.92. The Kier molecular flexibility index (Phi) is 7.83. The number of carboxylic acids is 1. The van der Waals surface area contributed by atoms with Crippen molar-refractivity contribution in [2.24, 2.45) is 0 Å². The Balaban J connectivity index is 0.000000325. The lowest BCUT2D eigenvalue weighted by Gasteiger charge is -2.02. The number of carbonyl (C=O) groups is 1. The van der Waals surface area contributed by atoms with Crippen LogP contribution in [0.4, 0.5) is 5.69 Å². The van der Waals surface area contributed by atoms with Crippen LogP contribution in [0.2, 0.25) is 0 Å². The van der Waals surface area contributed by atoms with Gasteiger partial charge in [0.1, 0.15) is 6.10 Å². The molecule has 0 fully saturated rings. The number of aliphatic carboxylic acids is 1. The molecule has 5 nitrogen and oxygen atoms in total. The van der Waals surface area contributed by atoms with Gasteiger partial charge in [-0.2, -0.15) is 0 Å². The van der Waals surface area contributed by atoms with Crippen LogP contribution in [0.3, 0.4) is 0 Å². The van der Waals surface area contributed by atoms with Gasteiger partial charge in [-0.25, -0.2) is 4.79 Å². The molecule has 1 atom stereocenters. The van der Waals surface area contributed by atoms with Crippen molar-refractivity contribution in [3.63, 3.8) is 0 Å². The van der Waals surface area contributed by atoms with E-state index >= 15 is 0 Å². The number of nitrogens with one attached hydrogen (secondary N) is 1. The zero-order valence-corrected chi connectivity index (χ0v) is 9.38. The van der Waals surface area contributed by atoms with Crippen LogP contribution in [0, 0.1) is 0 Å². The molecule has 1 rings (SSSR count). The van der Waals surface area contributed by atoms with Crippen molar-refractivity contribution in [1.29, 1.82) is 0 Å². The van der Waals surface area contributed by atoms with Gasteiger partial charge in [-0.1, -0.05) is 18.2 Å². The molecular formula is C11H17NO4. The van der Waals surface area contributed by atoms with Crippen LogP contribution in [-0.2, 0) is 9.63 Å². The van der Waals surface area contributed by atoms with Gasteiger partial charge in [-0.05, 0) is 26.0 Å². The highest BCUT2D eigenvalue weighted by atomic mass is 16.6. The first kappa shape index (κ1) is 14.4. The summed E-state index contributed by atoms with van der Waals surface area (Å²) in [7, 11) is 0. The molecule has 0 aliphatic rings. The summed E-state index contributed by atoms with van der Waals surface area (Å²) in [5, 5.41) is 15.8. The maximum atomic E-state index is 9.45. The van der Waals surface area contributed by atoms with Crippen LogP contribution < -0.4 is 5.48 Å². The molecule has 0 aliphatic carbocycles. The highest BCUT2D eigenvalue weighted by Gasteiger charge is 2.01. The summed E-state index contributed by atoms with van der Waals surface area (Å²) in [4.78, 5) is 14.4. The normalized spacial score (nSPS) is 10.9. The largest absolute Gasteiger partial charge is 0.479 e. The Morgan fingerprint density at radius 1 is 1.44 bits per heavy atom. The third-order valence-corrected chi connectivity index (χ3v) is 1.47. The van der Waals surface area contributed by atoms with Gasteiger partial charge in [0.25, 0.3) is 0 Å². The van der Waals surface area contributed by atoms with E-state index in [2.05, 4.69) is 5.48 Å². The fourth-order valence-electron chi connectivity index (χ4n) is 0.662. The Labute approximate surface area is 94.6 Å². The minimum Gasteiger partial charge on any atom is -0.479 e. The Morgan fingerprint density at radius 3 is 2.31 bits per heavy atom. The Hall–Kier alpha value is -1.59. The average Bonchev–Trinajstić information content (AvgIpc) is 2.28. The molecule has 0 aromatic heterocycles. The lowest BCUT2D eigenvalue weighted by atomic mass is 10.3. The first-order valence-corrected chi connectivity index (χ1v) is 4.91. The van der Waals surface area contributed by atoms with Gasteiger partial charge in [0.2, 0.25) is 0 Å². The molecule has 0 spiro atoms. The number of aliphatic hydroxyl groups is 1. The van der Waals surface area contributed by atoms with Crippen molar-refractivity contribution in [3.05, 3.63) is 30.3 Å². The van der Waals surface area contributed by atoms with Crippen LogP contribution >= 0.6 is 0 Å². The van der Waals surface area contributed by atoms with Crippen molar-refractivity contribution in [2.75, 3.05) is 12.1 Å². The first-order chi connectivity index (χ1) is 7.57. The number of rotatable bonds is 4. The second-order valence-corrected chi connectivity index (χ2v) is 2.92. The molecule has 1 unspecified atom stereocenters. The fraction of sp³-hybridized carbons (Fsp3) is 0.364. The zero-order chi connectivity index (χ0) is 12.4. The van der Waals surface area contributed by atoms with Crippen LogP contribution in [0.5, 0.6) is 0 Å². The van der Waals surface area contributed by atoms with Gasteiger partial charge < -0.3 is 10.2 Å². The van der Waals surface area contributed by atoms with E-state index in [-0.39, 0.29) is 0 Å². The molecule has 1 aromatic carbocycles. The average molecular weight is 227 g/mol. The first-order valence-electron chi connectivity index (χ1n) is 4.91. The summed E-state index contributed by atoms with van der Waals surface area (Å²) < 4.78 is 0. The summed E-state index contributed by atoms with van der Waals surface area (Å²) in [5.74, 6) is -1.19. The maximum Gasteiger partial charge on any atom is 0.332 e. The number of para-hydroxylation sites is 1. The maximum absolute atomic E-state index is 9.45. The summed E-state index contributed by atoms with van der Waals surface area (Å²) in [6.45, 7) is 3.81. The topological polar surface area (TPSA) is 78.8 Å². The van der Waals surface area contributed by atoms with Crippen LogP contribution in [0.25, 0.3) is 0 Å². The summed E-state index contributed by atoms with van der Waals surface area (Å²) >= 11 is 0. The van der Waals surface area contributed by atoms with Gasteiger partial charge in [0.15, 0.2) is 0 Å². The smallest absolute Gasteiger partial charge is 0.332 e. The highest BCUT2D eigenvalue weighted by Crippen LogP contribution is 2.03. The SMILES string of the molecule is CC(O)C(=O)O.CCONc1ccccc1. The van der Waals surface area contributed by atoms with Crippen LogP contribution in [0.1, 0.15) is 13.8 Å². The van der Waals surface area contributed by atoms with Gasteiger partial charge in [0, 0.05) is 0 Å². The standard InChI is InChI=1S/C8H11NO.C3H6O3/c1-2-10-9-8-6-4-3-5-7-8;1-2(4)3(5)6/h3-7,9H,2H2,1H3;2,4H,1H3,(H,5,6). The quantitative estimate of drug-likeness (QED) is 0.679. The fourth-order valence-corrected chi connectivity index (χ4v) is 0.662. The molecule has 16 heavy (non-hydrogen) atoms. The van der Waals surface area contributed by atoms with E-state index in [0.717, 1.165) is 5.69 Å². The predicted molar refractivity (Wildman–Crippen MR) is 61.0 cm³/mol. The summed E-state index contributed by atoms with van der Waals surface area (Å²) in [5.41, 5.74) is 3.78. The van der Waals surface area contributed by atoms with Gasteiger partial charge >= 0.3 is 5.97 Å². The molecule has 0 radical (unpaired) electrons. The zero-order valence-electron chi connectivity index (χ0n) is 9.38. The Bertz CT molecular complexity index is 287. The molecule has 5 heteroatoms. The van der Waals surface area contributed by atoms with Crippen molar-refractivity contribution in [2.45, 2.75) is 20.0 Å². The molecule has 0 bridgehead atoms. The van der Waals surface area contributed by atoms with E-state index in [1.807, 2.05) is 37.3 Å².